The van der Waals surface area contributed by atoms with Crippen LogP contribution in [0.1, 0.15) is 25.7 Å². The lowest BCUT2D eigenvalue weighted by atomic mass is 10.1. The van der Waals surface area contributed by atoms with Crippen molar-refractivity contribution in [2.75, 3.05) is 32.9 Å². The molecule has 2 fully saturated rings. The van der Waals surface area contributed by atoms with E-state index in [-0.39, 0.29) is 18.3 Å². The molecule has 2 aliphatic heterocycles. The minimum atomic E-state index is 0. The zero-order chi connectivity index (χ0) is 11.9. The van der Waals surface area contributed by atoms with Gasteiger partial charge in [-0.25, -0.2) is 0 Å². The lowest BCUT2D eigenvalue weighted by molar-refractivity contribution is -0.121. The molecule has 6 heteroatoms. The standard InChI is InChI=1S/C12H22N2O3.ClH/c15-12(14-10-3-6-16-7-4-10)9-13-8-11-2-1-5-17-11;/h10-11,13H,1-9H2,(H,14,15);1H. The molecule has 1 amide bonds. The average Bonchev–Trinajstić information content (AvgIpc) is 2.83. The molecule has 0 aromatic carbocycles. The van der Waals surface area contributed by atoms with E-state index in [2.05, 4.69) is 10.6 Å². The fourth-order valence-corrected chi connectivity index (χ4v) is 2.27. The van der Waals surface area contributed by atoms with Gasteiger partial charge in [-0.05, 0) is 25.7 Å². The highest BCUT2D eigenvalue weighted by Gasteiger charge is 2.17. The van der Waals surface area contributed by atoms with Gasteiger partial charge >= 0.3 is 0 Å². The van der Waals surface area contributed by atoms with Crippen molar-refractivity contribution in [3.05, 3.63) is 0 Å². The van der Waals surface area contributed by atoms with Gasteiger partial charge in [-0.2, -0.15) is 0 Å². The maximum Gasteiger partial charge on any atom is 0.234 e. The van der Waals surface area contributed by atoms with Crippen molar-refractivity contribution in [1.82, 2.24) is 10.6 Å². The summed E-state index contributed by atoms with van der Waals surface area (Å²) in [6.07, 6.45) is 4.40. The Morgan fingerprint density at radius 1 is 1.17 bits per heavy atom. The molecule has 2 N–H and O–H groups in total. The Hall–Kier alpha value is -0.360. The van der Waals surface area contributed by atoms with E-state index in [9.17, 15) is 4.79 Å². The second kappa shape index (κ2) is 8.69. The van der Waals surface area contributed by atoms with Crippen molar-refractivity contribution in [3.8, 4) is 0 Å². The molecule has 1 atom stereocenters. The molecule has 2 heterocycles. The van der Waals surface area contributed by atoms with Gasteiger partial charge in [-0.15, -0.1) is 12.4 Å². The summed E-state index contributed by atoms with van der Waals surface area (Å²) in [6.45, 7) is 3.54. The summed E-state index contributed by atoms with van der Waals surface area (Å²) in [5.41, 5.74) is 0. The summed E-state index contributed by atoms with van der Waals surface area (Å²) in [5, 5.41) is 6.17. The maximum absolute atomic E-state index is 11.6. The first-order valence-corrected chi connectivity index (χ1v) is 6.54. The normalized spacial score (nSPS) is 24.6. The largest absolute Gasteiger partial charge is 0.381 e. The Balaban J connectivity index is 0.00000162. The Kier molecular flexibility index (Phi) is 7.58. The van der Waals surface area contributed by atoms with Crippen LogP contribution >= 0.6 is 12.4 Å². The van der Waals surface area contributed by atoms with Crippen LogP contribution in [0.4, 0.5) is 0 Å². The van der Waals surface area contributed by atoms with E-state index >= 15 is 0 Å². The van der Waals surface area contributed by atoms with Gasteiger partial charge in [0.15, 0.2) is 0 Å². The third kappa shape index (κ3) is 5.52. The molecule has 2 rings (SSSR count). The third-order valence-corrected chi connectivity index (χ3v) is 3.27. The van der Waals surface area contributed by atoms with E-state index in [1.54, 1.807) is 0 Å². The van der Waals surface area contributed by atoms with Crippen molar-refractivity contribution in [2.45, 2.75) is 37.8 Å². The van der Waals surface area contributed by atoms with Crippen molar-refractivity contribution in [2.24, 2.45) is 0 Å². The van der Waals surface area contributed by atoms with Gasteiger partial charge in [0.1, 0.15) is 0 Å². The molecule has 5 nitrogen and oxygen atoms in total. The predicted octanol–water partition coefficient (Wildman–Crippen LogP) is 0.472. The second-order valence-electron chi connectivity index (χ2n) is 4.72. The quantitative estimate of drug-likeness (QED) is 0.768. The van der Waals surface area contributed by atoms with E-state index in [0.717, 1.165) is 52.0 Å². The minimum Gasteiger partial charge on any atom is -0.381 e. The second-order valence-corrected chi connectivity index (χ2v) is 4.72. The molecule has 2 aliphatic rings. The Morgan fingerprint density at radius 3 is 2.61 bits per heavy atom. The highest BCUT2D eigenvalue weighted by atomic mass is 35.5. The number of carbonyl (C=O) groups excluding carboxylic acids is 1. The van der Waals surface area contributed by atoms with E-state index in [1.165, 1.54) is 0 Å². The van der Waals surface area contributed by atoms with E-state index in [4.69, 9.17) is 9.47 Å². The minimum absolute atomic E-state index is 0. The summed E-state index contributed by atoms with van der Waals surface area (Å²) >= 11 is 0. The molecule has 0 spiro atoms. The number of hydrogen-bond donors (Lipinski definition) is 2. The Labute approximate surface area is 114 Å². The molecule has 1 unspecified atom stereocenters. The first-order valence-electron chi connectivity index (χ1n) is 6.54. The van der Waals surface area contributed by atoms with Gasteiger partial charge in [-0.1, -0.05) is 0 Å². The van der Waals surface area contributed by atoms with E-state index in [0.29, 0.717) is 18.7 Å². The molecule has 0 aromatic rings. The third-order valence-electron chi connectivity index (χ3n) is 3.27. The van der Waals surface area contributed by atoms with E-state index < -0.39 is 0 Å². The lowest BCUT2D eigenvalue weighted by Crippen LogP contribution is -2.44. The monoisotopic (exact) mass is 278 g/mol. The molecule has 106 valence electrons. The van der Waals surface area contributed by atoms with Crippen LogP contribution in [0.2, 0.25) is 0 Å². The first-order chi connectivity index (χ1) is 8.34. The summed E-state index contributed by atoms with van der Waals surface area (Å²) in [4.78, 5) is 11.6. The Morgan fingerprint density at radius 2 is 1.94 bits per heavy atom. The summed E-state index contributed by atoms with van der Waals surface area (Å²) in [6, 6.07) is 0.292. The topological polar surface area (TPSA) is 59.6 Å². The van der Waals surface area contributed by atoms with Crippen LogP contribution in [-0.2, 0) is 14.3 Å². The van der Waals surface area contributed by atoms with Crippen molar-refractivity contribution in [3.63, 3.8) is 0 Å². The van der Waals surface area contributed by atoms with Crippen LogP contribution < -0.4 is 10.6 Å². The van der Waals surface area contributed by atoms with Gasteiger partial charge in [0.2, 0.25) is 5.91 Å². The summed E-state index contributed by atoms with van der Waals surface area (Å²) in [7, 11) is 0. The molecule has 18 heavy (non-hydrogen) atoms. The molecule has 2 saturated heterocycles. The van der Waals surface area contributed by atoms with Crippen LogP contribution in [0.5, 0.6) is 0 Å². The summed E-state index contributed by atoms with van der Waals surface area (Å²) in [5.74, 6) is 0.0786. The molecular weight excluding hydrogens is 256 g/mol. The van der Waals surface area contributed by atoms with Crippen molar-refractivity contribution >= 4 is 18.3 Å². The number of ether oxygens (including phenoxy) is 2. The highest BCUT2D eigenvalue weighted by Crippen LogP contribution is 2.10. The van der Waals surface area contributed by atoms with Crippen LogP contribution in [0.15, 0.2) is 0 Å². The SMILES string of the molecule is Cl.O=C(CNCC1CCCO1)NC1CCOCC1. The number of rotatable bonds is 5. The number of hydrogen-bond acceptors (Lipinski definition) is 4. The maximum atomic E-state index is 11.6. The van der Waals surface area contributed by atoms with Gasteiger partial charge in [0, 0.05) is 32.4 Å². The highest BCUT2D eigenvalue weighted by molar-refractivity contribution is 5.85. The number of halogens is 1. The van der Waals surface area contributed by atoms with Crippen molar-refractivity contribution < 1.29 is 14.3 Å². The van der Waals surface area contributed by atoms with E-state index in [1.807, 2.05) is 0 Å². The molecule has 0 aromatic heterocycles. The van der Waals surface area contributed by atoms with Gasteiger partial charge in [-0.3, -0.25) is 4.79 Å². The fourth-order valence-electron chi connectivity index (χ4n) is 2.27. The van der Waals surface area contributed by atoms with Crippen LogP contribution in [0, 0.1) is 0 Å². The first kappa shape index (κ1) is 15.7. The number of carbonyl (C=O) groups is 1. The Bertz CT molecular complexity index is 241. The molecule has 0 saturated carbocycles. The van der Waals surface area contributed by atoms with Crippen LogP contribution in [0.25, 0.3) is 0 Å². The molecule has 0 bridgehead atoms. The number of nitrogens with one attached hydrogen (secondary N) is 2. The van der Waals surface area contributed by atoms with Gasteiger partial charge in [0.25, 0.3) is 0 Å². The fraction of sp³-hybridized carbons (Fsp3) is 0.917. The smallest absolute Gasteiger partial charge is 0.234 e. The number of amides is 1. The van der Waals surface area contributed by atoms with Crippen molar-refractivity contribution in [1.29, 1.82) is 0 Å². The van der Waals surface area contributed by atoms with Gasteiger partial charge in [0.05, 0.1) is 12.6 Å². The summed E-state index contributed by atoms with van der Waals surface area (Å²) < 4.78 is 10.7. The molecule has 0 aliphatic carbocycles. The van der Waals surface area contributed by atoms with Gasteiger partial charge < -0.3 is 20.1 Å². The predicted molar refractivity (Wildman–Crippen MR) is 71.1 cm³/mol. The lowest BCUT2D eigenvalue weighted by Gasteiger charge is -2.23. The average molecular weight is 279 g/mol. The zero-order valence-corrected chi connectivity index (χ0v) is 11.5. The molecular formula is C12H23ClN2O3. The van der Waals surface area contributed by atoms with Crippen LogP contribution in [-0.4, -0.2) is 51.0 Å². The van der Waals surface area contributed by atoms with Crippen LogP contribution in [0.3, 0.4) is 0 Å². The molecule has 0 radical (unpaired) electrons. The zero-order valence-electron chi connectivity index (χ0n) is 10.7.